The monoisotopic (exact) mass is 338 g/mol. The van der Waals surface area contributed by atoms with Crippen LogP contribution in [0.4, 0.5) is 17.5 Å². The fourth-order valence-electron chi connectivity index (χ4n) is 1.54. The minimum atomic E-state index is 0.620. The summed E-state index contributed by atoms with van der Waals surface area (Å²) in [5.74, 6) is 1.37. The molecule has 0 aliphatic carbocycles. The minimum absolute atomic E-state index is 0.620. The third kappa shape index (κ3) is 3.84. The van der Waals surface area contributed by atoms with E-state index in [1.165, 1.54) is 4.90 Å². The van der Waals surface area contributed by atoms with Gasteiger partial charge in [0.1, 0.15) is 5.82 Å². The average molecular weight is 339 g/mol. The maximum absolute atomic E-state index is 4.43. The van der Waals surface area contributed by atoms with Crippen LogP contribution < -0.4 is 10.6 Å². The lowest BCUT2D eigenvalue weighted by atomic mass is 10.3. The standard InChI is InChI=1S/C13H15BrN4S/c1-3-15-13-16-8-11(14)12(18-13)17-9-5-4-6-10(7-9)19-2/h4-8H,3H2,1-2H3,(H2,15,16,17,18). The van der Waals surface area contributed by atoms with Gasteiger partial charge in [0.05, 0.1) is 4.47 Å². The lowest BCUT2D eigenvalue weighted by Crippen LogP contribution is -2.04. The van der Waals surface area contributed by atoms with Crippen LogP contribution in [0, 0.1) is 0 Å². The van der Waals surface area contributed by atoms with Crippen molar-refractivity contribution < 1.29 is 0 Å². The summed E-state index contributed by atoms with van der Waals surface area (Å²) in [6.45, 7) is 2.81. The summed E-state index contributed by atoms with van der Waals surface area (Å²) in [4.78, 5) is 9.83. The molecule has 6 heteroatoms. The van der Waals surface area contributed by atoms with Crippen molar-refractivity contribution in [1.29, 1.82) is 0 Å². The summed E-state index contributed by atoms with van der Waals surface area (Å²) in [5, 5.41) is 6.39. The number of halogens is 1. The Morgan fingerprint density at radius 3 is 2.95 bits per heavy atom. The zero-order valence-corrected chi connectivity index (χ0v) is 13.2. The fourth-order valence-corrected chi connectivity index (χ4v) is 2.29. The van der Waals surface area contributed by atoms with Crippen LogP contribution in [0.2, 0.25) is 0 Å². The van der Waals surface area contributed by atoms with E-state index in [-0.39, 0.29) is 0 Å². The Morgan fingerprint density at radius 1 is 1.37 bits per heavy atom. The second kappa shape index (κ2) is 6.77. The second-order valence-electron chi connectivity index (χ2n) is 3.78. The van der Waals surface area contributed by atoms with Gasteiger partial charge in [-0.1, -0.05) is 6.07 Å². The third-order valence-electron chi connectivity index (χ3n) is 2.41. The highest BCUT2D eigenvalue weighted by Crippen LogP contribution is 2.26. The molecule has 100 valence electrons. The van der Waals surface area contributed by atoms with Crippen molar-refractivity contribution in [3.05, 3.63) is 34.9 Å². The fraction of sp³-hybridized carbons (Fsp3) is 0.231. The van der Waals surface area contributed by atoms with Crippen molar-refractivity contribution in [3.63, 3.8) is 0 Å². The number of hydrogen-bond acceptors (Lipinski definition) is 5. The molecule has 0 saturated carbocycles. The molecule has 2 N–H and O–H groups in total. The zero-order valence-electron chi connectivity index (χ0n) is 10.8. The van der Waals surface area contributed by atoms with Gasteiger partial charge in [-0.15, -0.1) is 11.8 Å². The van der Waals surface area contributed by atoms with E-state index in [1.807, 2.05) is 19.1 Å². The van der Waals surface area contributed by atoms with Crippen LogP contribution in [0.3, 0.4) is 0 Å². The van der Waals surface area contributed by atoms with Crippen molar-refractivity contribution in [2.24, 2.45) is 0 Å². The van der Waals surface area contributed by atoms with E-state index in [0.29, 0.717) is 5.95 Å². The molecule has 0 saturated heterocycles. The van der Waals surface area contributed by atoms with E-state index in [1.54, 1.807) is 18.0 Å². The van der Waals surface area contributed by atoms with Gasteiger partial charge in [-0.25, -0.2) is 4.98 Å². The average Bonchev–Trinajstić information content (AvgIpc) is 2.43. The lowest BCUT2D eigenvalue weighted by molar-refractivity contribution is 1.08. The first-order chi connectivity index (χ1) is 9.22. The number of hydrogen-bond donors (Lipinski definition) is 2. The Balaban J connectivity index is 2.23. The molecule has 0 atom stereocenters. The molecule has 0 spiro atoms. The molecule has 4 nitrogen and oxygen atoms in total. The normalized spacial score (nSPS) is 10.3. The predicted octanol–water partition coefficient (Wildman–Crippen LogP) is 4.14. The quantitative estimate of drug-likeness (QED) is 0.802. The molecule has 0 aliphatic heterocycles. The van der Waals surface area contributed by atoms with Crippen LogP contribution in [0.5, 0.6) is 0 Å². The number of anilines is 3. The van der Waals surface area contributed by atoms with Gasteiger partial charge in [-0.3, -0.25) is 0 Å². The number of benzene rings is 1. The molecule has 0 amide bonds. The first-order valence-corrected chi connectivity index (χ1v) is 7.92. The molecule has 0 fully saturated rings. The first-order valence-electron chi connectivity index (χ1n) is 5.90. The van der Waals surface area contributed by atoms with Crippen LogP contribution in [-0.4, -0.2) is 22.8 Å². The van der Waals surface area contributed by atoms with Crippen LogP contribution in [0.15, 0.2) is 39.8 Å². The minimum Gasteiger partial charge on any atom is -0.354 e. The highest BCUT2D eigenvalue weighted by Gasteiger charge is 2.05. The number of aromatic nitrogens is 2. The summed E-state index contributed by atoms with van der Waals surface area (Å²) in [7, 11) is 0. The predicted molar refractivity (Wildman–Crippen MR) is 85.4 cm³/mol. The maximum atomic E-state index is 4.43. The van der Waals surface area contributed by atoms with E-state index in [9.17, 15) is 0 Å². The summed E-state index contributed by atoms with van der Waals surface area (Å²) in [5.41, 5.74) is 1.01. The van der Waals surface area contributed by atoms with Crippen molar-refractivity contribution in [2.75, 3.05) is 23.4 Å². The summed E-state index contributed by atoms with van der Waals surface area (Å²) in [6, 6.07) is 8.21. The smallest absolute Gasteiger partial charge is 0.224 e. The van der Waals surface area contributed by atoms with Gasteiger partial charge in [-0.05, 0) is 47.3 Å². The first kappa shape index (κ1) is 14.1. The van der Waals surface area contributed by atoms with Crippen molar-refractivity contribution >= 4 is 45.1 Å². The SMILES string of the molecule is CCNc1ncc(Br)c(Nc2cccc(SC)c2)n1. The molecular formula is C13H15BrN4S. The maximum Gasteiger partial charge on any atom is 0.224 e. The molecule has 1 aromatic heterocycles. The number of nitrogens with zero attached hydrogens (tertiary/aromatic N) is 2. The van der Waals surface area contributed by atoms with Gasteiger partial charge in [0, 0.05) is 23.3 Å². The molecular weight excluding hydrogens is 324 g/mol. The Labute approximate surface area is 125 Å². The van der Waals surface area contributed by atoms with Crippen molar-refractivity contribution in [3.8, 4) is 0 Å². The Kier molecular flexibility index (Phi) is 5.04. The molecule has 1 aromatic carbocycles. The Bertz CT molecular complexity index is 562. The highest BCUT2D eigenvalue weighted by molar-refractivity contribution is 9.10. The largest absolute Gasteiger partial charge is 0.354 e. The number of nitrogens with one attached hydrogen (secondary N) is 2. The second-order valence-corrected chi connectivity index (χ2v) is 5.51. The molecule has 1 heterocycles. The molecule has 0 aliphatic rings. The lowest BCUT2D eigenvalue weighted by Gasteiger charge is -2.10. The topological polar surface area (TPSA) is 49.8 Å². The van der Waals surface area contributed by atoms with Crippen LogP contribution in [0.1, 0.15) is 6.92 Å². The summed E-state index contributed by atoms with van der Waals surface area (Å²) in [6.07, 6.45) is 3.80. The molecule has 0 unspecified atom stereocenters. The van der Waals surface area contributed by atoms with E-state index in [2.05, 4.69) is 54.9 Å². The number of rotatable bonds is 5. The van der Waals surface area contributed by atoms with Crippen LogP contribution in [-0.2, 0) is 0 Å². The van der Waals surface area contributed by atoms with E-state index >= 15 is 0 Å². The van der Waals surface area contributed by atoms with Gasteiger partial charge in [0.25, 0.3) is 0 Å². The zero-order chi connectivity index (χ0) is 13.7. The molecule has 0 bridgehead atoms. The van der Waals surface area contributed by atoms with Crippen LogP contribution in [0.25, 0.3) is 0 Å². The van der Waals surface area contributed by atoms with Gasteiger partial charge >= 0.3 is 0 Å². The van der Waals surface area contributed by atoms with Gasteiger partial charge in [0.2, 0.25) is 5.95 Å². The molecule has 2 aromatic rings. The molecule has 0 radical (unpaired) electrons. The van der Waals surface area contributed by atoms with Gasteiger partial charge in [0.15, 0.2) is 0 Å². The highest BCUT2D eigenvalue weighted by atomic mass is 79.9. The van der Waals surface area contributed by atoms with E-state index in [0.717, 1.165) is 22.5 Å². The summed E-state index contributed by atoms with van der Waals surface area (Å²) < 4.78 is 0.837. The van der Waals surface area contributed by atoms with Crippen molar-refractivity contribution in [1.82, 2.24) is 9.97 Å². The van der Waals surface area contributed by atoms with Crippen LogP contribution >= 0.6 is 27.7 Å². The number of thioether (sulfide) groups is 1. The molecule has 2 rings (SSSR count). The Morgan fingerprint density at radius 2 is 2.21 bits per heavy atom. The van der Waals surface area contributed by atoms with E-state index in [4.69, 9.17) is 0 Å². The molecule has 19 heavy (non-hydrogen) atoms. The van der Waals surface area contributed by atoms with Gasteiger partial charge < -0.3 is 10.6 Å². The van der Waals surface area contributed by atoms with E-state index < -0.39 is 0 Å². The van der Waals surface area contributed by atoms with Crippen molar-refractivity contribution in [2.45, 2.75) is 11.8 Å². The third-order valence-corrected chi connectivity index (χ3v) is 3.72. The summed E-state index contributed by atoms with van der Waals surface area (Å²) >= 11 is 5.17. The Hall–Kier alpha value is -1.27. The van der Waals surface area contributed by atoms with Gasteiger partial charge in [-0.2, -0.15) is 4.98 Å².